The maximum atomic E-state index is 4.69. The average molecular weight is 314 g/mol. The molecule has 0 aliphatic heterocycles. The lowest BCUT2D eigenvalue weighted by Crippen LogP contribution is -2.12. The van der Waals surface area contributed by atoms with E-state index in [1.54, 1.807) is 0 Å². The molecule has 2 aromatic carbocycles. The highest BCUT2D eigenvalue weighted by atomic mass is 15.1. The van der Waals surface area contributed by atoms with Crippen LogP contribution in [0, 0.1) is 6.92 Å². The second kappa shape index (κ2) is 5.20. The van der Waals surface area contributed by atoms with Gasteiger partial charge in [0, 0.05) is 17.0 Å². The molecule has 0 N–H and O–H groups in total. The van der Waals surface area contributed by atoms with Crippen LogP contribution < -0.4 is 0 Å². The highest BCUT2D eigenvalue weighted by Crippen LogP contribution is 2.33. The van der Waals surface area contributed by atoms with Crippen molar-refractivity contribution >= 4 is 21.8 Å². The summed E-state index contributed by atoms with van der Waals surface area (Å²) in [5.41, 5.74) is 5.09. The van der Waals surface area contributed by atoms with Crippen molar-refractivity contribution in [2.75, 3.05) is 0 Å². The van der Waals surface area contributed by atoms with Gasteiger partial charge in [0.05, 0.1) is 11.0 Å². The molecule has 4 aromatic rings. The fraction of sp³-hybridized carbons (Fsp3) is 0.227. The van der Waals surface area contributed by atoms with Crippen LogP contribution in [0.5, 0.6) is 0 Å². The fourth-order valence-corrected chi connectivity index (χ4v) is 3.33. The topological polar surface area (TPSA) is 17.8 Å². The van der Waals surface area contributed by atoms with E-state index in [2.05, 4.69) is 91.8 Å². The third-order valence-corrected chi connectivity index (χ3v) is 4.67. The monoisotopic (exact) mass is 314 g/mol. The Bertz CT molecular complexity index is 1050. The number of nitrogens with zero attached hydrogens (tertiary/aromatic N) is 2. The third kappa shape index (κ3) is 2.30. The van der Waals surface area contributed by atoms with E-state index >= 15 is 0 Å². The Hall–Kier alpha value is -2.61. The van der Waals surface area contributed by atoms with Crippen molar-refractivity contribution < 1.29 is 0 Å². The van der Waals surface area contributed by atoms with Gasteiger partial charge in [-0.1, -0.05) is 51.1 Å². The number of hydrogen-bond donors (Lipinski definition) is 0. The first kappa shape index (κ1) is 14.9. The zero-order valence-electron chi connectivity index (χ0n) is 14.7. The Morgan fingerprint density at radius 3 is 2.38 bits per heavy atom. The Morgan fingerprint density at radius 2 is 1.58 bits per heavy atom. The normalized spacial score (nSPS) is 12.2. The second-order valence-corrected chi connectivity index (χ2v) is 7.53. The summed E-state index contributed by atoms with van der Waals surface area (Å²) in [6.07, 6.45) is 1.92. The number of para-hydroxylation sites is 1. The van der Waals surface area contributed by atoms with Gasteiger partial charge in [-0.3, -0.25) is 4.57 Å². The molecule has 4 rings (SSSR count). The molecule has 0 spiro atoms. The van der Waals surface area contributed by atoms with Gasteiger partial charge < -0.3 is 0 Å². The molecule has 120 valence electrons. The first-order chi connectivity index (χ1) is 11.4. The van der Waals surface area contributed by atoms with Gasteiger partial charge in [-0.15, -0.1) is 0 Å². The molecule has 0 fully saturated rings. The summed E-state index contributed by atoms with van der Waals surface area (Å²) in [6.45, 7) is 8.85. The lowest BCUT2D eigenvalue weighted by atomic mass is 9.88. The van der Waals surface area contributed by atoms with E-state index in [9.17, 15) is 0 Å². The van der Waals surface area contributed by atoms with Crippen LogP contribution in [0.3, 0.4) is 0 Å². The summed E-state index contributed by atoms with van der Waals surface area (Å²) < 4.78 is 2.28. The molecule has 0 aliphatic rings. The van der Waals surface area contributed by atoms with E-state index in [0.717, 1.165) is 5.82 Å². The number of fused-ring (bicyclic) bond motifs is 3. The van der Waals surface area contributed by atoms with Gasteiger partial charge in [-0.25, -0.2) is 4.98 Å². The number of pyridine rings is 1. The Morgan fingerprint density at radius 1 is 0.833 bits per heavy atom. The van der Waals surface area contributed by atoms with Crippen molar-refractivity contribution in [3.05, 3.63) is 71.9 Å². The molecule has 0 saturated heterocycles. The summed E-state index contributed by atoms with van der Waals surface area (Å²) in [5, 5.41) is 2.55. The van der Waals surface area contributed by atoms with Crippen molar-refractivity contribution in [3.8, 4) is 5.82 Å². The number of benzene rings is 2. The van der Waals surface area contributed by atoms with Crippen LogP contribution in [0.15, 0.2) is 60.8 Å². The minimum absolute atomic E-state index is 0.104. The second-order valence-electron chi connectivity index (χ2n) is 7.53. The van der Waals surface area contributed by atoms with Gasteiger partial charge in [-0.05, 0) is 47.7 Å². The van der Waals surface area contributed by atoms with Crippen LogP contribution in [0.4, 0.5) is 0 Å². The van der Waals surface area contributed by atoms with Crippen LogP contribution in [-0.2, 0) is 5.41 Å². The van der Waals surface area contributed by atoms with Crippen molar-refractivity contribution in [1.82, 2.24) is 9.55 Å². The van der Waals surface area contributed by atoms with Crippen LogP contribution in [0.2, 0.25) is 0 Å². The largest absolute Gasteiger partial charge is 0.294 e. The molecular weight excluding hydrogens is 292 g/mol. The average Bonchev–Trinajstić information content (AvgIpc) is 2.87. The summed E-state index contributed by atoms with van der Waals surface area (Å²) in [4.78, 5) is 4.69. The first-order valence-corrected chi connectivity index (χ1v) is 8.42. The van der Waals surface area contributed by atoms with Crippen LogP contribution >= 0.6 is 0 Å². The van der Waals surface area contributed by atoms with Crippen molar-refractivity contribution in [1.29, 1.82) is 0 Å². The molecule has 0 atom stereocenters. The van der Waals surface area contributed by atoms with E-state index in [1.165, 1.54) is 32.9 Å². The van der Waals surface area contributed by atoms with Gasteiger partial charge in [0.1, 0.15) is 5.82 Å². The highest BCUT2D eigenvalue weighted by molar-refractivity contribution is 6.09. The Balaban J connectivity index is 2.10. The fourth-order valence-electron chi connectivity index (χ4n) is 3.33. The van der Waals surface area contributed by atoms with Crippen LogP contribution in [0.25, 0.3) is 27.6 Å². The maximum Gasteiger partial charge on any atom is 0.137 e. The molecule has 2 nitrogen and oxygen atoms in total. The SMILES string of the molecule is Cc1ccc2c3ccccc3n(-c3cc(C(C)(C)C)ccn3)c2c1. The minimum Gasteiger partial charge on any atom is -0.294 e. The van der Waals surface area contributed by atoms with Crippen LogP contribution in [-0.4, -0.2) is 9.55 Å². The molecule has 0 amide bonds. The maximum absolute atomic E-state index is 4.69. The molecule has 2 heteroatoms. The molecule has 2 heterocycles. The van der Waals surface area contributed by atoms with Crippen molar-refractivity contribution in [2.45, 2.75) is 33.1 Å². The van der Waals surface area contributed by atoms with Gasteiger partial charge in [0.2, 0.25) is 0 Å². The summed E-state index contributed by atoms with van der Waals surface area (Å²) >= 11 is 0. The molecule has 0 aliphatic carbocycles. The standard InChI is InChI=1S/C22H22N2/c1-15-9-10-18-17-7-5-6-8-19(17)24(20(18)13-15)21-14-16(11-12-23-21)22(2,3)4/h5-14H,1-4H3. The van der Waals surface area contributed by atoms with E-state index in [0.29, 0.717) is 0 Å². The minimum atomic E-state index is 0.104. The molecule has 2 aromatic heterocycles. The molecule has 0 bridgehead atoms. The smallest absolute Gasteiger partial charge is 0.137 e. The van der Waals surface area contributed by atoms with Crippen LogP contribution in [0.1, 0.15) is 31.9 Å². The lowest BCUT2D eigenvalue weighted by molar-refractivity contribution is 0.588. The zero-order chi connectivity index (χ0) is 16.9. The van der Waals surface area contributed by atoms with E-state index in [1.807, 2.05) is 6.20 Å². The summed E-state index contributed by atoms with van der Waals surface area (Å²) in [5.74, 6) is 0.985. The number of rotatable bonds is 1. The van der Waals surface area contributed by atoms with Gasteiger partial charge in [0.15, 0.2) is 0 Å². The van der Waals surface area contributed by atoms with Gasteiger partial charge in [0.25, 0.3) is 0 Å². The summed E-state index contributed by atoms with van der Waals surface area (Å²) in [6, 6.07) is 19.5. The Kier molecular flexibility index (Phi) is 3.24. The Labute approximate surface area is 142 Å². The van der Waals surface area contributed by atoms with Gasteiger partial charge in [-0.2, -0.15) is 0 Å². The van der Waals surface area contributed by atoms with Crippen molar-refractivity contribution in [2.24, 2.45) is 0 Å². The third-order valence-electron chi connectivity index (χ3n) is 4.67. The lowest BCUT2D eigenvalue weighted by Gasteiger charge is -2.20. The zero-order valence-corrected chi connectivity index (χ0v) is 14.7. The molecule has 0 saturated carbocycles. The quantitative estimate of drug-likeness (QED) is 0.435. The van der Waals surface area contributed by atoms with E-state index in [-0.39, 0.29) is 5.41 Å². The number of aromatic nitrogens is 2. The van der Waals surface area contributed by atoms with Gasteiger partial charge >= 0.3 is 0 Å². The number of aryl methyl sites for hydroxylation is 1. The van der Waals surface area contributed by atoms with E-state index in [4.69, 9.17) is 0 Å². The molecule has 0 unspecified atom stereocenters. The number of hydrogen-bond acceptors (Lipinski definition) is 1. The summed E-state index contributed by atoms with van der Waals surface area (Å²) in [7, 11) is 0. The predicted octanol–water partition coefficient (Wildman–Crippen LogP) is 5.78. The molecule has 24 heavy (non-hydrogen) atoms. The first-order valence-electron chi connectivity index (χ1n) is 8.42. The van der Waals surface area contributed by atoms with E-state index < -0.39 is 0 Å². The predicted molar refractivity (Wildman–Crippen MR) is 102 cm³/mol. The highest BCUT2D eigenvalue weighted by Gasteiger charge is 2.17. The molecule has 0 radical (unpaired) electrons. The van der Waals surface area contributed by atoms with Crippen molar-refractivity contribution in [3.63, 3.8) is 0 Å². The molecular formula is C22H22N2.